The smallest absolute Gasteiger partial charge is 0.311 e. The molecule has 0 radical (unpaired) electrons. The van der Waals surface area contributed by atoms with Crippen molar-refractivity contribution in [1.29, 1.82) is 0 Å². The summed E-state index contributed by atoms with van der Waals surface area (Å²) >= 11 is 0. The fourth-order valence-electron chi connectivity index (χ4n) is 3.79. The molecule has 0 heterocycles. The zero-order valence-electron chi connectivity index (χ0n) is 11.7. The van der Waals surface area contributed by atoms with E-state index in [4.69, 9.17) is 4.74 Å². The Bertz CT molecular complexity index is 584. The minimum atomic E-state index is -0.632. The number of carbonyl (C=O) groups is 2. The van der Waals surface area contributed by atoms with Gasteiger partial charge >= 0.3 is 5.97 Å². The molecule has 3 saturated carbocycles. The summed E-state index contributed by atoms with van der Waals surface area (Å²) in [6.07, 6.45) is 2.25. The lowest BCUT2D eigenvalue weighted by Crippen LogP contribution is -2.68. The molecule has 0 saturated heterocycles. The number of esters is 1. The van der Waals surface area contributed by atoms with Crippen LogP contribution < -0.4 is 0 Å². The van der Waals surface area contributed by atoms with Gasteiger partial charge in [-0.15, -0.1) is 0 Å². The van der Waals surface area contributed by atoms with Crippen molar-refractivity contribution in [3.63, 3.8) is 0 Å². The summed E-state index contributed by atoms with van der Waals surface area (Å²) in [7, 11) is 1.36. The molecular formula is C16H16F2O3. The van der Waals surface area contributed by atoms with E-state index in [0.29, 0.717) is 31.2 Å². The summed E-state index contributed by atoms with van der Waals surface area (Å²) in [5, 5.41) is 0. The normalized spacial score (nSPS) is 29.3. The molecule has 0 amide bonds. The highest BCUT2D eigenvalue weighted by Crippen LogP contribution is 2.74. The molecule has 21 heavy (non-hydrogen) atoms. The highest BCUT2D eigenvalue weighted by atomic mass is 19.1. The fraction of sp³-hybridized carbons (Fsp3) is 0.500. The highest BCUT2D eigenvalue weighted by molar-refractivity contribution is 5.95. The van der Waals surface area contributed by atoms with Gasteiger partial charge in [-0.25, -0.2) is 8.78 Å². The number of methoxy groups -OCH3 is 1. The molecule has 0 aliphatic heterocycles. The summed E-state index contributed by atoms with van der Waals surface area (Å²) in [6.45, 7) is 0. The van der Waals surface area contributed by atoms with E-state index in [2.05, 4.69) is 0 Å². The Morgan fingerprint density at radius 2 is 1.67 bits per heavy atom. The van der Waals surface area contributed by atoms with Gasteiger partial charge in [0, 0.05) is 17.9 Å². The quantitative estimate of drug-likeness (QED) is 0.784. The number of carbonyl (C=O) groups excluding carboxylic acids is 2. The molecule has 3 nitrogen and oxygen atoms in total. The maximum Gasteiger partial charge on any atom is 0.311 e. The molecule has 3 aliphatic carbocycles. The van der Waals surface area contributed by atoms with Crippen LogP contribution in [-0.4, -0.2) is 18.9 Å². The first-order valence-electron chi connectivity index (χ1n) is 6.96. The van der Waals surface area contributed by atoms with Gasteiger partial charge in [0.05, 0.1) is 12.5 Å². The van der Waals surface area contributed by atoms with Gasteiger partial charge in [-0.1, -0.05) is 0 Å². The van der Waals surface area contributed by atoms with E-state index in [-0.39, 0.29) is 23.6 Å². The SMILES string of the molecule is COC(=O)C12CC(C(=O)CCc3cc(F)cc(F)c3)(C1)C2. The second kappa shape index (κ2) is 4.61. The van der Waals surface area contributed by atoms with E-state index < -0.39 is 17.0 Å². The van der Waals surface area contributed by atoms with Crippen LogP contribution in [-0.2, 0) is 20.7 Å². The van der Waals surface area contributed by atoms with Gasteiger partial charge in [-0.05, 0) is 43.4 Å². The Labute approximate surface area is 121 Å². The predicted octanol–water partition coefficient (Wildman–Crippen LogP) is 2.81. The van der Waals surface area contributed by atoms with Crippen molar-refractivity contribution >= 4 is 11.8 Å². The summed E-state index contributed by atoms with van der Waals surface area (Å²) < 4.78 is 30.9. The zero-order chi connectivity index (χ0) is 15.3. The number of aryl methyl sites for hydroxylation is 1. The number of ether oxygens (including phenoxy) is 1. The molecule has 0 unspecified atom stereocenters. The van der Waals surface area contributed by atoms with Crippen LogP contribution in [0.15, 0.2) is 18.2 Å². The maximum atomic E-state index is 13.1. The lowest BCUT2D eigenvalue weighted by Gasteiger charge is -2.67. The molecule has 4 rings (SSSR count). The van der Waals surface area contributed by atoms with Crippen LogP contribution in [0.3, 0.4) is 0 Å². The third-order valence-electron chi connectivity index (χ3n) is 4.80. The zero-order valence-corrected chi connectivity index (χ0v) is 11.7. The Balaban J connectivity index is 1.56. The molecule has 0 aromatic heterocycles. The average Bonchev–Trinajstić information content (AvgIpc) is 2.31. The topological polar surface area (TPSA) is 43.4 Å². The third-order valence-corrected chi connectivity index (χ3v) is 4.80. The molecule has 0 atom stereocenters. The Morgan fingerprint density at radius 1 is 1.10 bits per heavy atom. The van der Waals surface area contributed by atoms with E-state index in [0.717, 1.165) is 6.07 Å². The van der Waals surface area contributed by atoms with E-state index in [1.165, 1.54) is 19.2 Å². The molecule has 1 aromatic rings. The van der Waals surface area contributed by atoms with Crippen LogP contribution in [0, 0.1) is 22.5 Å². The Hall–Kier alpha value is -1.78. The summed E-state index contributed by atoms with van der Waals surface area (Å²) in [6, 6.07) is 3.30. The van der Waals surface area contributed by atoms with E-state index in [9.17, 15) is 18.4 Å². The van der Waals surface area contributed by atoms with E-state index in [1.54, 1.807) is 0 Å². The maximum absolute atomic E-state index is 13.1. The molecular weight excluding hydrogens is 278 g/mol. The van der Waals surface area contributed by atoms with Crippen LogP contribution >= 0.6 is 0 Å². The highest BCUT2D eigenvalue weighted by Gasteiger charge is 2.74. The lowest BCUT2D eigenvalue weighted by atomic mass is 9.34. The minimum absolute atomic E-state index is 0.0814. The Morgan fingerprint density at radius 3 is 2.19 bits per heavy atom. The van der Waals surface area contributed by atoms with E-state index in [1.807, 2.05) is 0 Å². The first kappa shape index (κ1) is 14.2. The Kier molecular flexibility index (Phi) is 3.11. The van der Waals surface area contributed by atoms with Crippen molar-refractivity contribution in [2.75, 3.05) is 7.11 Å². The molecule has 0 spiro atoms. The number of halogens is 2. The van der Waals surface area contributed by atoms with Crippen molar-refractivity contribution in [2.24, 2.45) is 10.8 Å². The average molecular weight is 294 g/mol. The molecule has 2 bridgehead atoms. The van der Waals surface area contributed by atoms with Crippen molar-refractivity contribution in [1.82, 2.24) is 0 Å². The van der Waals surface area contributed by atoms with Crippen molar-refractivity contribution in [3.8, 4) is 0 Å². The number of rotatable bonds is 5. The summed E-state index contributed by atoms with van der Waals surface area (Å²) in [5.41, 5.74) is -0.342. The third kappa shape index (κ3) is 2.15. The van der Waals surface area contributed by atoms with Crippen LogP contribution in [0.5, 0.6) is 0 Å². The lowest BCUT2D eigenvalue weighted by molar-refractivity contribution is -0.221. The number of ketones is 1. The fourth-order valence-corrected chi connectivity index (χ4v) is 3.79. The molecule has 5 heteroatoms. The summed E-state index contributed by atoms with van der Waals surface area (Å²) in [5.74, 6) is -1.41. The van der Waals surface area contributed by atoms with Gasteiger partial charge in [0.15, 0.2) is 0 Å². The van der Waals surface area contributed by atoms with Crippen molar-refractivity contribution in [3.05, 3.63) is 35.4 Å². The van der Waals surface area contributed by atoms with Gasteiger partial charge in [0.1, 0.15) is 17.4 Å². The molecule has 0 N–H and O–H groups in total. The predicted molar refractivity (Wildman–Crippen MR) is 70.4 cm³/mol. The van der Waals surface area contributed by atoms with Crippen molar-refractivity contribution in [2.45, 2.75) is 32.1 Å². The molecule has 3 fully saturated rings. The van der Waals surface area contributed by atoms with E-state index >= 15 is 0 Å². The number of Topliss-reactive ketones (excluding diaryl/α,β-unsaturated/α-hetero) is 1. The van der Waals surface area contributed by atoms with Crippen LogP contribution in [0.1, 0.15) is 31.2 Å². The van der Waals surface area contributed by atoms with Gasteiger partial charge in [0.25, 0.3) is 0 Å². The van der Waals surface area contributed by atoms with Crippen LogP contribution in [0.25, 0.3) is 0 Å². The largest absolute Gasteiger partial charge is 0.469 e. The van der Waals surface area contributed by atoms with Crippen LogP contribution in [0.4, 0.5) is 8.78 Å². The monoisotopic (exact) mass is 294 g/mol. The van der Waals surface area contributed by atoms with Gasteiger partial charge in [0.2, 0.25) is 0 Å². The number of hydrogen-bond donors (Lipinski definition) is 0. The first-order chi connectivity index (χ1) is 9.89. The molecule has 3 aliphatic rings. The number of hydrogen-bond acceptors (Lipinski definition) is 3. The molecule has 1 aromatic carbocycles. The van der Waals surface area contributed by atoms with Crippen molar-refractivity contribution < 1.29 is 23.1 Å². The van der Waals surface area contributed by atoms with Gasteiger partial charge < -0.3 is 4.74 Å². The second-order valence-electron chi connectivity index (χ2n) is 6.28. The second-order valence-corrected chi connectivity index (χ2v) is 6.28. The standard InChI is InChI=1S/C16H16F2O3/c1-21-14(20)16-7-15(8-16,9-16)13(19)3-2-10-4-11(17)6-12(18)5-10/h4-6H,2-3,7-9H2,1H3. The first-order valence-corrected chi connectivity index (χ1v) is 6.96. The number of benzene rings is 1. The van der Waals surface area contributed by atoms with Gasteiger partial charge in [-0.2, -0.15) is 0 Å². The van der Waals surface area contributed by atoms with Crippen LogP contribution in [0.2, 0.25) is 0 Å². The van der Waals surface area contributed by atoms with Gasteiger partial charge in [-0.3, -0.25) is 9.59 Å². The molecule has 112 valence electrons. The minimum Gasteiger partial charge on any atom is -0.469 e. The summed E-state index contributed by atoms with van der Waals surface area (Å²) in [4.78, 5) is 23.8.